The van der Waals surface area contributed by atoms with Gasteiger partial charge in [0.25, 0.3) is 0 Å². The summed E-state index contributed by atoms with van der Waals surface area (Å²) < 4.78 is 5.23. The molecule has 0 saturated heterocycles. The molecule has 0 aliphatic carbocycles. The minimum atomic E-state index is -0.0476. The van der Waals surface area contributed by atoms with Gasteiger partial charge in [-0.2, -0.15) is 0 Å². The van der Waals surface area contributed by atoms with Crippen LogP contribution in [0, 0.1) is 0 Å². The molecule has 0 aliphatic heterocycles. The van der Waals surface area contributed by atoms with Crippen LogP contribution in [0.4, 0.5) is 0 Å². The first-order chi connectivity index (χ1) is 13.3. The Morgan fingerprint density at radius 3 is 1.63 bits per heavy atom. The van der Waals surface area contributed by atoms with Gasteiger partial charge in [0.15, 0.2) is 0 Å². The number of hydrogen-bond donors (Lipinski definition) is 0. The van der Waals surface area contributed by atoms with Gasteiger partial charge in [0.05, 0.1) is 0 Å². The fourth-order valence-corrected chi connectivity index (χ4v) is 3.16. The number of carbonyl (C=O) groups is 1. The fraction of sp³-hybridized carbons (Fsp3) is 0.800. The summed E-state index contributed by atoms with van der Waals surface area (Å²) in [6, 6.07) is 0. The molecule has 0 rings (SSSR count). The van der Waals surface area contributed by atoms with Crippen LogP contribution in [-0.4, -0.2) is 12.6 Å². The molecule has 2 heteroatoms. The molecule has 0 spiro atoms. The Morgan fingerprint density at radius 2 is 1.11 bits per heavy atom. The van der Waals surface area contributed by atoms with Crippen molar-refractivity contribution in [3.63, 3.8) is 0 Å². The lowest BCUT2D eigenvalue weighted by molar-refractivity contribution is -0.142. The molecule has 0 aromatic rings. The van der Waals surface area contributed by atoms with Crippen LogP contribution < -0.4 is 0 Å². The van der Waals surface area contributed by atoms with Gasteiger partial charge in [-0.05, 0) is 25.7 Å². The second-order valence-electron chi connectivity index (χ2n) is 7.60. The van der Waals surface area contributed by atoms with E-state index in [0.29, 0.717) is 13.0 Å². The Morgan fingerprint density at radius 1 is 0.630 bits per heavy atom. The quantitative estimate of drug-likeness (QED) is 0.121. The summed E-state index contributed by atoms with van der Waals surface area (Å²) >= 11 is 0. The zero-order valence-corrected chi connectivity index (χ0v) is 18.4. The largest absolute Gasteiger partial charge is 0.461 e. The number of rotatable bonds is 20. The average molecular weight is 379 g/mol. The molecule has 0 saturated carbocycles. The molecule has 0 N–H and O–H groups in total. The summed E-state index contributed by atoms with van der Waals surface area (Å²) in [6.07, 6.45) is 29.5. The van der Waals surface area contributed by atoms with Crippen LogP contribution in [0.15, 0.2) is 24.3 Å². The van der Waals surface area contributed by atoms with Gasteiger partial charge in [-0.25, -0.2) is 0 Å². The lowest BCUT2D eigenvalue weighted by Crippen LogP contribution is -2.03. The predicted octanol–water partition coefficient (Wildman–Crippen LogP) is 8.31. The summed E-state index contributed by atoms with van der Waals surface area (Å²) in [7, 11) is 0. The summed E-state index contributed by atoms with van der Waals surface area (Å²) in [5.41, 5.74) is 0. The molecule has 0 radical (unpaired) electrons. The lowest BCUT2D eigenvalue weighted by atomic mass is 10.0. The third-order valence-electron chi connectivity index (χ3n) is 4.89. The summed E-state index contributed by atoms with van der Waals surface area (Å²) in [5, 5.41) is 0. The van der Waals surface area contributed by atoms with Gasteiger partial charge in [-0.3, -0.25) is 4.79 Å². The summed E-state index contributed by atoms with van der Waals surface area (Å²) in [4.78, 5) is 11.7. The van der Waals surface area contributed by atoms with Crippen LogP contribution in [0.1, 0.15) is 123 Å². The monoisotopic (exact) mass is 378 g/mol. The Balaban J connectivity index is 3.23. The van der Waals surface area contributed by atoms with E-state index >= 15 is 0 Å². The van der Waals surface area contributed by atoms with Gasteiger partial charge >= 0.3 is 5.97 Å². The maximum absolute atomic E-state index is 11.7. The number of allylic oxidation sites excluding steroid dienone is 3. The molecular formula is C25H46O2. The van der Waals surface area contributed by atoms with Crippen LogP contribution >= 0.6 is 0 Å². The van der Waals surface area contributed by atoms with Crippen LogP contribution in [0.25, 0.3) is 0 Å². The minimum absolute atomic E-state index is 0.0476. The maximum Gasteiger partial charge on any atom is 0.306 e. The molecule has 0 heterocycles. The maximum atomic E-state index is 11.7. The summed E-state index contributed by atoms with van der Waals surface area (Å²) in [5.74, 6) is -0.0476. The highest BCUT2D eigenvalue weighted by atomic mass is 16.5. The number of unbranched alkanes of at least 4 members (excludes halogenated alkanes) is 13. The molecule has 0 atom stereocenters. The third kappa shape index (κ3) is 22.9. The van der Waals surface area contributed by atoms with Gasteiger partial charge in [0.2, 0.25) is 0 Å². The van der Waals surface area contributed by atoms with Crippen LogP contribution in [0.3, 0.4) is 0 Å². The highest BCUT2D eigenvalue weighted by Crippen LogP contribution is 2.13. The van der Waals surface area contributed by atoms with E-state index in [1.807, 2.05) is 6.08 Å². The van der Waals surface area contributed by atoms with Crippen molar-refractivity contribution in [2.45, 2.75) is 123 Å². The van der Waals surface area contributed by atoms with Crippen molar-refractivity contribution < 1.29 is 9.53 Å². The molecule has 0 aromatic heterocycles. The normalized spacial score (nSPS) is 11.6. The van der Waals surface area contributed by atoms with Crippen molar-refractivity contribution >= 4 is 5.97 Å². The Labute approximate surface area is 169 Å². The van der Waals surface area contributed by atoms with E-state index in [2.05, 4.69) is 32.1 Å². The van der Waals surface area contributed by atoms with Crippen molar-refractivity contribution in [3.8, 4) is 0 Å². The second kappa shape index (κ2) is 23.0. The number of ether oxygens (including phenoxy) is 1. The number of hydrogen-bond acceptors (Lipinski definition) is 2. The average Bonchev–Trinajstić information content (AvgIpc) is 2.67. The van der Waals surface area contributed by atoms with E-state index in [1.165, 1.54) is 70.6 Å². The lowest BCUT2D eigenvalue weighted by Gasteiger charge is -2.03. The van der Waals surface area contributed by atoms with E-state index in [-0.39, 0.29) is 5.97 Å². The van der Waals surface area contributed by atoms with Crippen molar-refractivity contribution in [1.29, 1.82) is 0 Å². The fourth-order valence-electron chi connectivity index (χ4n) is 3.16. The Kier molecular flexibility index (Phi) is 22.1. The first kappa shape index (κ1) is 26.0. The topological polar surface area (TPSA) is 26.3 Å². The van der Waals surface area contributed by atoms with Crippen LogP contribution in [0.2, 0.25) is 0 Å². The van der Waals surface area contributed by atoms with Gasteiger partial charge < -0.3 is 4.74 Å². The van der Waals surface area contributed by atoms with Crippen molar-refractivity contribution in [2.24, 2.45) is 0 Å². The molecule has 2 nitrogen and oxygen atoms in total. The first-order valence-electron chi connectivity index (χ1n) is 11.8. The van der Waals surface area contributed by atoms with Crippen molar-refractivity contribution in [2.75, 3.05) is 6.61 Å². The SMILES string of the molecule is CCC=CCCC=CCOC(=O)CCCCCCCCCCCCCCC. The Bertz CT molecular complexity index is 357. The molecule has 0 unspecified atom stereocenters. The van der Waals surface area contributed by atoms with Gasteiger partial charge in [-0.1, -0.05) is 115 Å². The molecule has 158 valence electrons. The molecule has 0 bridgehead atoms. The first-order valence-corrected chi connectivity index (χ1v) is 11.8. The van der Waals surface area contributed by atoms with E-state index in [4.69, 9.17) is 4.74 Å². The van der Waals surface area contributed by atoms with E-state index in [9.17, 15) is 4.79 Å². The van der Waals surface area contributed by atoms with E-state index < -0.39 is 0 Å². The zero-order valence-electron chi connectivity index (χ0n) is 18.4. The third-order valence-corrected chi connectivity index (χ3v) is 4.89. The van der Waals surface area contributed by atoms with Gasteiger partial charge in [-0.15, -0.1) is 0 Å². The predicted molar refractivity (Wildman–Crippen MR) is 119 cm³/mol. The zero-order chi connectivity index (χ0) is 19.8. The Hall–Kier alpha value is -1.05. The van der Waals surface area contributed by atoms with Crippen molar-refractivity contribution in [1.82, 2.24) is 0 Å². The number of carbonyl (C=O) groups excluding carboxylic acids is 1. The standard InChI is InChI=1S/C25H46O2/c1-3-5-7-9-11-12-13-14-15-16-17-19-21-23-25(26)27-24-22-20-18-10-8-6-4-2/h6,8,20,22H,3-5,7,9-19,21,23-24H2,1-2H3. The molecule has 0 aromatic carbocycles. The highest BCUT2D eigenvalue weighted by Gasteiger charge is 2.01. The summed E-state index contributed by atoms with van der Waals surface area (Å²) in [6.45, 7) is 4.84. The van der Waals surface area contributed by atoms with Crippen LogP contribution in [-0.2, 0) is 9.53 Å². The molecule has 0 aliphatic rings. The smallest absolute Gasteiger partial charge is 0.306 e. The van der Waals surface area contributed by atoms with E-state index in [0.717, 1.165) is 32.1 Å². The molecule has 0 fully saturated rings. The minimum Gasteiger partial charge on any atom is -0.461 e. The second-order valence-corrected chi connectivity index (χ2v) is 7.60. The van der Waals surface area contributed by atoms with E-state index in [1.54, 1.807) is 0 Å². The molecule has 27 heavy (non-hydrogen) atoms. The van der Waals surface area contributed by atoms with Gasteiger partial charge in [0, 0.05) is 6.42 Å². The van der Waals surface area contributed by atoms with Gasteiger partial charge in [0.1, 0.15) is 6.61 Å². The van der Waals surface area contributed by atoms with Crippen molar-refractivity contribution in [3.05, 3.63) is 24.3 Å². The highest BCUT2D eigenvalue weighted by molar-refractivity contribution is 5.69. The van der Waals surface area contributed by atoms with Crippen LogP contribution in [0.5, 0.6) is 0 Å². The number of esters is 1. The molecular weight excluding hydrogens is 332 g/mol. The molecule has 0 amide bonds.